The minimum Gasteiger partial charge on any atom is -0.490 e. The monoisotopic (exact) mass is 404 g/mol. The maximum Gasteiger partial charge on any atom is 0.435 e. The van der Waals surface area contributed by atoms with Crippen LogP contribution in [0.4, 0.5) is 18.9 Å². The van der Waals surface area contributed by atoms with Crippen molar-refractivity contribution in [2.45, 2.75) is 20.0 Å². The van der Waals surface area contributed by atoms with Crippen molar-refractivity contribution in [2.24, 2.45) is 5.10 Å². The van der Waals surface area contributed by atoms with Gasteiger partial charge in [0.15, 0.2) is 17.2 Å². The van der Waals surface area contributed by atoms with Crippen LogP contribution in [0.2, 0.25) is 0 Å². The van der Waals surface area contributed by atoms with Crippen LogP contribution < -0.4 is 14.5 Å². The standard InChI is InChI=1S/C21H19F3N2O3/c1-3-28-17-11-10-14(13-18(17)29-4-2)12-16-19(21(22,23)24)25-26(20(16)27)15-8-6-5-7-9-15/h5-13H,3-4H2,1-2H3/b16-12-. The number of carbonyl (C=O) groups excluding carboxylic acids is 1. The number of carbonyl (C=O) groups is 1. The summed E-state index contributed by atoms with van der Waals surface area (Å²) in [5, 5.41) is 4.30. The van der Waals surface area contributed by atoms with E-state index < -0.39 is 23.4 Å². The molecule has 2 aromatic rings. The van der Waals surface area contributed by atoms with Gasteiger partial charge in [-0.2, -0.15) is 23.3 Å². The molecule has 0 radical (unpaired) electrons. The third kappa shape index (κ3) is 4.42. The molecule has 0 spiro atoms. The third-order valence-corrected chi connectivity index (χ3v) is 4.03. The Morgan fingerprint density at radius 1 is 1.00 bits per heavy atom. The molecule has 0 bridgehead atoms. The Bertz CT molecular complexity index is 953. The molecule has 2 aromatic carbocycles. The van der Waals surface area contributed by atoms with Crippen LogP contribution in [0.5, 0.6) is 11.5 Å². The molecule has 0 unspecified atom stereocenters. The first-order chi connectivity index (χ1) is 13.8. The van der Waals surface area contributed by atoms with Gasteiger partial charge in [0.05, 0.1) is 24.5 Å². The van der Waals surface area contributed by atoms with Crippen molar-refractivity contribution in [3.63, 3.8) is 0 Å². The largest absolute Gasteiger partial charge is 0.490 e. The van der Waals surface area contributed by atoms with E-state index in [2.05, 4.69) is 5.10 Å². The molecule has 8 heteroatoms. The molecular formula is C21H19F3N2O3. The lowest BCUT2D eigenvalue weighted by molar-refractivity contribution is -0.114. The van der Waals surface area contributed by atoms with Crippen LogP contribution in [0.25, 0.3) is 6.08 Å². The minimum absolute atomic E-state index is 0.254. The minimum atomic E-state index is -4.78. The van der Waals surface area contributed by atoms with Crippen molar-refractivity contribution in [2.75, 3.05) is 18.2 Å². The van der Waals surface area contributed by atoms with Gasteiger partial charge in [0.1, 0.15) is 0 Å². The van der Waals surface area contributed by atoms with Crippen molar-refractivity contribution in [3.8, 4) is 11.5 Å². The van der Waals surface area contributed by atoms with E-state index in [0.29, 0.717) is 30.3 Å². The van der Waals surface area contributed by atoms with Gasteiger partial charge in [-0.15, -0.1) is 0 Å². The van der Waals surface area contributed by atoms with Crippen molar-refractivity contribution < 1.29 is 27.4 Å². The summed E-state index contributed by atoms with van der Waals surface area (Å²) >= 11 is 0. The van der Waals surface area contributed by atoms with Crippen LogP contribution in [0, 0.1) is 0 Å². The molecule has 1 amide bonds. The summed E-state index contributed by atoms with van der Waals surface area (Å²) in [4.78, 5) is 12.7. The fraction of sp³-hybridized carbons (Fsp3) is 0.238. The van der Waals surface area contributed by atoms with Crippen molar-refractivity contribution >= 4 is 23.4 Å². The predicted molar refractivity (Wildman–Crippen MR) is 104 cm³/mol. The van der Waals surface area contributed by atoms with Gasteiger partial charge in [-0.25, -0.2) is 0 Å². The molecule has 0 fully saturated rings. The van der Waals surface area contributed by atoms with Crippen LogP contribution in [0.15, 0.2) is 59.2 Å². The number of benzene rings is 2. The number of para-hydroxylation sites is 1. The normalized spacial score (nSPS) is 15.6. The zero-order valence-corrected chi connectivity index (χ0v) is 15.9. The average molecular weight is 404 g/mol. The second-order valence-corrected chi connectivity index (χ2v) is 6.03. The molecule has 0 aliphatic carbocycles. The smallest absolute Gasteiger partial charge is 0.435 e. The molecule has 0 atom stereocenters. The molecule has 1 heterocycles. The second-order valence-electron chi connectivity index (χ2n) is 6.03. The van der Waals surface area contributed by atoms with Crippen LogP contribution in [-0.2, 0) is 4.79 Å². The summed E-state index contributed by atoms with van der Waals surface area (Å²) in [6.07, 6.45) is -3.62. The highest BCUT2D eigenvalue weighted by atomic mass is 19.4. The van der Waals surface area contributed by atoms with Gasteiger partial charge in [0.2, 0.25) is 0 Å². The summed E-state index contributed by atoms with van der Waals surface area (Å²) in [7, 11) is 0. The van der Waals surface area contributed by atoms with E-state index >= 15 is 0 Å². The third-order valence-electron chi connectivity index (χ3n) is 4.03. The highest BCUT2D eigenvalue weighted by molar-refractivity contribution is 6.34. The highest BCUT2D eigenvalue weighted by Crippen LogP contribution is 2.34. The number of hydrogen-bond acceptors (Lipinski definition) is 4. The number of ether oxygens (including phenoxy) is 2. The van der Waals surface area contributed by atoms with Gasteiger partial charge in [0.25, 0.3) is 5.91 Å². The van der Waals surface area contributed by atoms with Gasteiger partial charge in [-0.05, 0) is 49.8 Å². The van der Waals surface area contributed by atoms with Crippen molar-refractivity contribution in [1.29, 1.82) is 0 Å². The first kappa shape index (κ1) is 20.4. The molecule has 29 heavy (non-hydrogen) atoms. The number of hydrazone groups is 1. The van der Waals surface area contributed by atoms with Crippen LogP contribution in [0.3, 0.4) is 0 Å². The zero-order chi connectivity index (χ0) is 21.0. The summed E-state index contributed by atoms with van der Waals surface area (Å²) in [5.41, 5.74) is -1.15. The Labute approximate surface area is 166 Å². The van der Waals surface area contributed by atoms with Crippen LogP contribution in [-0.4, -0.2) is 31.0 Å². The Kier molecular flexibility index (Phi) is 5.91. The number of hydrogen-bond donors (Lipinski definition) is 0. The fourth-order valence-corrected chi connectivity index (χ4v) is 2.82. The van der Waals surface area contributed by atoms with E-state index in [1.54, 1.807) is 37.3 Å². The Morgan fingerprint density at radius 2 is 1.66 bits per heavy atom. The number of anilines is 1. The van der Waals surface area contributed by atoms with Gasteiger partial charge >= 0.3 is 6.18 Å². The number of nitrogens with zero attached hydrogens (tertiary/aromatic N) is 2. The highest BCUT2D eigenvalue weighted by Gasteiger charge is 2.46. The van der Waals surface area contributed by atoms with E-state index in [-0.39, 0.29) is 5.69 Å². The Morgan fingerprint density at radius 3 is 2.28 bits per heavy atom. The molecule has 0 saturated carbocycles. The van der Waals surface area contributed by atoms with E-state index in [9.17, 15) is 18.0 Å². The fourth-order valence-electron chi connectivity index (χ4n) is 2.82. The number of amides is 1. The van der Waals surface area contributed by atoms with Crippen molar-refractivity contribution in [3.05, 3.63) is 59.7 Å². The van der Waals surface area contributed by atoms with E-state index in [0.717, 1.165) is 11.1 Å². The van der Waals surface area contributed by atoms with E-state index in [1.807, 2.05) is 6.92 Å². The van der Waals surface area contributed by atoms with E-state index in [1.165, 1.54) is 18.2 Å². The molecule has 152 valence electrons. The lowest BCUT2D eigenvalue weighted by Gasteiger charge is -2.12. The first-order valence-corrected chi connectivity index (χ1v) is 9.02. The molecule has 3 rings (SSSR count). The van der Waals surface area contributed by atoms with Crippen LogP contribution in [0.1, 0.15) is 19.4 Å². The SMILES string of the molecule is CCOc1ccc(/C=C2\C(=O)N(c3ccccc3)N=C2C(F)(F)F)cc1OCC. The summed E-state index contributed by atoms with van der Waals surface area (Å²) in [6.45, 7) is 4.37. The van der Waals surface area contributed by atoms with E-state index in [4.69, 9.17) is 9.47 Å². The Hall–Kier alpha value is -3.29. The number of halogens is 3. The number of rotatable bonds is 6. The van der Waals surface area contributed by atoms with Gasteiger partial charge in [-0.3, -0.25) is 4.79 Å². The topological polar surface area (TPSA) is 51.1 Å². The summed E-state index contributed by atoms with van der Waals surface area (Å²) in [5.74, 6) is 0.0137. The van der Waals surface area contributed by atoms with Gasteiger partial charge in [0, 0.05) is 0 Å². The molecule has 1 aliphatic heterocycles. The first-order valence-electron chi connectivity index (χ1n) is 9.02. The molecule has 0 aromatic heterocycles. The molecule has 0 N–H and O–H groups in total. The summed E-state index contributed by atoms with van der Waals surface area (Å²) < 4.78 is 51.6. The maximum atomic E-state index is 13.5. The lowest BCUT2D eigenvalue weighted by atomic mass is 10.1. The second kappa shape index (κ2) is 8.38. The van der Waals surface area contributed by atoms with Crippen LogP contribution >= 0.6 is 0 Å². The number of alkyl halides is 3. The Balaban J connectivity index is 2.04. The molecule has 1 aliphatic rings. The molecular weight excluding hydrogens is 385 g/mol. The molecule has 0 saturated heterocycles. The molecule has 5 nitrogen and oxygen atoms in total. The quantitative estimate of drug-likeness (QED) is 0.648. The maximum absolute atomic E-state index is 13.5. The zero-order valence-electron chi connectivity index (χ0n) is 15.9. The van der Waals surface area contributed by atoms with Gasteiger partial charge in [-0.1, -0.05) is 24.3 Å². The summed E-state index contributed by atoms with van der Waals surface area (Å²) in [6, 6.07) is 12.7. The van der Waals surface area contributed by atoms with Gasteiger partial charge < -0.3 is 9.47 Å². The predicted octanol–water partition coefficient (Wildman–Crippen LogP) is 4.83. The van der Waals surface area contributed by atoms with Crippen molar-refractivity contribution in [1.82, 2.24) is 0 Å². The average Bonchev–Trinajstić information content (AvgIpc) is 3.02. The lowest BCUT2D eigenvalue weighted by Crippen LogP contribution is -2.25.